The number of carbonyl (C=O) groups excluding carboxylic acids is 1. The van der Waals surface area contributed by atoms with Gasteiger partial charge in [-0.05, 0) is 24.3 Å². The molecule has 29 heavy (non-hydrogen) atoms. The first-order valence-electron chi connectivity index (χ1n) is 7.97. The summed E-state index contributed by atoms with van der Waals surface area (Å²) in [5, 5.41) is 10.0. The zero-order valence-corrected chi connectivity index (χ0v) is 14.9. The van der Waals surface area contributed by atoms with Crippen molar-refractivity contribution in [1.29, 1.82) is 0 Å². The Morgan fingerprint density at radius 3 is 2.62 bits per heavy atom. The molecule has 148 valence electrons. The summed E-state index contributed by atoms with van der Waals surface area (Å²) in [5.41, 5.74) is -2.35. The van der Waals surface area contributed by atoms with Crippen molar-refractivity contribution < 1.29 is 22.4 Å². The van der Waals surface area contributed by atoms with Gasteiger partial charge in [0.1, 0.15) is 11.5 Å². The number of nitrogens with one attached hydrogen (secondary N) is 1. The third-order valence-corrected chi connectivity index (χ3v) is 4.11. The fourth-order valence-corrected chi connectivity index (χ4v) is 2.83. The summed E-state index contributed by atoms with van der Waals surface area (Å²) in [6.07, 6.45) is -2.86. The van der Waals surface area contributed by atoms with Gasteiger partial charge in [0.05, 0.1) is 16.8 Å². The number of amides is 1. The van der Waals surface area contributed by atoms with E-state index in [0.717, 1.165) is 12.1 Å². The average molecular weight is 425 g/mol. The Kier molecular flexibility index (Phi) is 4.46. The summed E-state index contributed by atoms with van der Waals surface area (Å²) in [6.45, 7) is 0. The second-order valence-corrected chi connectivity index (χ2v) is 6.24. The predicted octanol–water partition coefficient (Wildman–Crippen LogP) is 3.98. The van der Waals surface area contributed by atoms with Crippen LogP contribution in [0.4, 0.5) is 23.5 Å². The first-order chi connectivity index (χ1) is 13.7. The van der Waals surface area contributed by atoms with Gasteiger partial charge in [0, 0.05) is 6.20 Å². The van der Waals surface area contributed by atoms with Crippen LogP contribution in [-0.4, -0.2) is 30.3 Å². The molecule has 4 aromatic rings. The van der Waals surface area contributed by atoms with Crippen LogP contribution in [0.1, 0.15) is 16.1 Å². The third kappa shape index (κ3) is 3.51. The van der Waals surface area contributed by atoms with Crippen LogP contribution in [0.5, 0.6) is 0 Å². The lowest BCUT2D eigenvalue weighted by Crippen LogP contribution is -2.21. The van der Waals surface area contributed by atoms with E-state index in [1.165, 1.54) is 35.0 Å². The minimum atomic E-state index is -4.98. The second kappa shape index (κ2) is 6.85. The molecule has 0 bridgehead atoms. The maximum absolute atomic E-state index is 14.0. The fraction of sp³-hybridized carbons (Fsp3) is 0.0588. The summed E-state index contributed by atoms with van der Waals surface area (Å²) >= 11 is 5.83. The highest BCUT2D eigenvalue weighted by atomic mass is 35.5. The molecule has 0 saturated carbocycles. The Bertz CT molecular complexity index is 1230. The molecule has 4 rings (SSSR count). The van der Waals surface area contributed by atoms with Crippen LogP contribution in [0.25, 0.3) is 11.3 Å². The maximum Gasteiger partial charge on any atom is 0.434 e. The largest absolute Gasteiger partial charge is 0.434 e. The van der Waals surface area contributed by atoms with Crippen LogP contribution in [0.2, 0.25) is 5.02 Å². The van der Waals surface area contributed by atoms with E-state index in [1.54, 1.807) is 0 Å². The molecule has 0 aliphatic rings. The molecule has 0 unspecified atom stereocenters. The number of aromatic nitrogens is 5. The highest BCUT2D eigenvalue weighted by Crippen LogP contribution is 2.34. The number of rotatable bonds is 3. The van der Waals surface area contributed by atoms with E-state index < -0.39 is 34.8 Å². The number of carbonyl (C=O) groups is 1. The molecule has 0 aliphatic carbocycles. The van der Waals surface area contributed by atoms with Gasteiger partial charge in [-0.25, -0.2) is 13.6 Å². The topological polar surface area (TPSA) is 77.1 Å². The van der Waals surface area contributed by atoms with E-state index in [-0.39, 0.29) is 5.95 Å². The third-order valence-electron chi connectivity index (χ3n) is 3.88. The summed E-state index contributed by atoms with van der Waals surface area (Å²) in [4.78, 5) is 16.5. The van der Waals surface area contributed by atoms with Crippen molar-refractivity contribution >= 4 is 29.1 Å². The van der Waals surface area contributed by atoms with Gasteiger partial charge in [-0.15, -0.1) is 5.10 Å². The van der Waals surface area contributed by atoms with Crippen LogP contribution in [0.3, 0.4) is 0 Å². The number of anilines is 1. The molecule has 7 nitrogen and oxygen atoms in total. The Balaban J connectivity index is 1.74. The highest BCUT2D eigenvalue weighted by molar-refractivity contribution is 6.30. The maximum atomic E-state index is 14.0. The number of hydrogen-bond acceptors (Lipinski definition) is 4. The number of pyridine rings is 1. The smallest absolute Gasteiger partial charge is 0.289 e. The Labute approximate surface area is 164 Å². The molecular formula is C17H9ClF4N6O. The number of alkyl halides is 3. The van der Waals surface area contributed by atoms with E-state index >= 15 is 0 Å². The molecule has 0 spiro atoms. The van der Waals surface area contributed by atoms with E-state index in [4.69, 9.17) is 11.6 Å². The fourth-order valence-electron chi connectivity index (χ4n) is 2.67. The normalized spacial score (nSPS) is 11.8. The van der Waals surface area contributed by atoms with Gasteiger partial charge in [-0.1, -0.05) is 23.7 Å². The quantitative estimate of drug-likeness (QED) is 0.505. The van der Waals surface area contributed by atoms with Crippen molar-refractivity contribution in [3.8, 4) is 5.69 Å². The molecule has 3 aromatic heterocycles. The van der Waals surface area contributed by atoms with Gasteiger partial charge in [-0.2, -0.15) is 23.3 Å². The van der Waals surface area contributed by atoms with E-state index in [0.29, 0.717) is 21.5 Å². The van der Waals surface area contributed by atoms with Gasteiger partial charge in [0.25, 0.3) is 5.91 Å². The molecule has 1 N–H and O–H groups in total. The average Bonchev–Trinajstić information content (AvgIpc) is 3.25. The van der Waals surface area contributed by atoms with Crippen molar-refractivity contribution in [2.24, 2.45) is 0 Å². The number of halogens is 5. The second-order valence-electron chi connectivity index (χ2n) is 5.81. The number of benzene rings is 1. The van der Waals surface area contributed by atoms with Crippen molar-refractivity contribution in [2.45, 2.75) is 6.18 Å². The summed E-state index contributed by atoms with van der Waals surface area (Å²) < 4.78 is 56.6. The predicted molar refractivity (Wildman–Crippen MR) is 94.5 cm³/mol. The molecule has 0 saturated heterocycles. The lowest BCUT2D eigenvalue weighted by atomic mass is 10.2. The van der Waals surface area contributed by atoms with Gasteiger partial charge in [-0.3, -0.25) is 10.1 Å². The SMILES string of the molecule is O=C(Nc1nc2ccc(Cl)cn2n1)c1cnn(-c2ccccc2F)c1C(F)(F)F. The van der Waals surface area contributed by atoms with Gasteiger partial charge in [0.15, 0.2) is 11.3 Å². The van der Waals surface area contributed by atoms with E-state index in [2.05, 4.69) is 20.5 Å². The molecular weight excluding hydrogens is 416 g/mol. The first-order valence-corrected chi connectivity index (χ1v) is 8.35. The van der Waals surface area contributed by atoms with Crippen molar-refractivity contribution in [3.05, 3.63) is 70.9 Å². The first kappa shape index (κ1) is 18.9. The number of nitrogens with zero attached hydrogens (tertiary/aromatic N) is 5. The molecule has 12 heteroatoms. The molecule has 3 heterocycles. The monoisotopic (exact) mass is 424 g/mol. The van der Waals surface area contributed by atoms with Crippen molar-refractivity contribution in [3.63, 3.8) is 0 Å². The van der Waals surface area contributed by atoms with E-state index in [1.807, 2.05) is 0 Å². The number of para-hydroxylation sites is 1. The minimum absolute atomic E-state index is 0.232. The van der Waals surface area contributed by atoms with E-state index in [9.17, 15) is 22.4 Å². The molecule has 1 amide bonds. The lowest BCUT2D eigenvalue weighted by Gasteiger charge is -2.12. The molecule has 0 atom stereocenters. The van der Waals surface area contributed by atoms with Crippen LogP contribution in [0.15, 0.2) is 48.8 Å². The molecule has 1 aromatic carbocycles. The van der Waals surface area contributed by atoms with Crippen molar-refractivity contribution in [2.75, 3.05) is 5.32 Å². The zero-order valence-electron chi connectivity index (χ0n) is 14.2. The summed E-state index contributed by atoms with van der Waals surface area (Å²) in [6, 6.07) is 7.84. The van der Waals surface area contributed by atoms with Crippen LogP contribution >= 0.6 is 11.6 Å². The van der Waals surface area contributed by atoms with Crippen LogP contribution < -0.4 is 5.32 Å². The number of hydrogen-bond donors (Lipinski definition) is 1. The Morgan fingerprint density at radius 2 is 1.90 bits per heavy atom. The lowest BCUT2D eigenvalue weighted by molar-refractivity contribution is -0.143. The summed E-state index contributed by atoms with van der Waals surface area (Å²) in [5.74, 6) is -2.31. The number of fused-ring (bicyclic) bond motifs is 1. The van der Waals surface area contributed by atoms with Crippen molar-refractivity contribution in [1.82, 2.24) is 24.4 Å². The van der Waals surface area contributed by atoms with Crippen LogP contribution in [0, 0.1) is 5.82 Å². The molecule has 0 aliphatic heterocycles. The highest BCUT2D eigenvalue weighted by Gasteiger charge is 2.41. The zero-order chi connectivity index (χ0) is 20.8. The summed E-state index contributed by atoms with van der Waals surface area (Å²) in [7, 11) is 0. The minimum Gasteiger partial charge on any atom is -0.289 e. The van der Waals surface area contributed by atoms with Gasteiger partial charge in [0.2, 0.25) is 5.95 Å². The molecule has 0 fully saturated rings. The Hall–Kier alpha value is -3.47. The van der Waals surface area contributed by atoms with Gasteiger partial charge < -0.3 is 0 Å². The van der Waals surface area contributed by atoms with Gasteiger partial charge >= 0.3 is 6.18 Å². The van der Waals surface area contributed by atoms with Crippen LogP contribution in [-0.2, 0) is 6.18 Å². The molecule has 0 radical (unpaired) electrons. The Morgan fingerprint density at radius 1 is 1.14 bits per heavy atom. The standard InChI is InChI=1S/C17H9ClF4N6O/c18-9-5-6-13-24-16(26-27(13)8-9)25-15(29)10-7-23-28(14(10)17(20,21)22)12-4-2-1-3-11(12)19/h1-8H,(H,25,26,29).